The highest BCUT2D eigenvalue weighted by molar-refractivity contribution is 8.45. The van der Waals surface area contributed by atoms with Crippen molar-refractivity contribution in [1.82, 2.24) is 0 Å². The molecule has 0 saturated carbocycles. The first kappa shape index (κ1) is 26.6. The Morgan fingerprint density at radius 2 is 0.553 bits per heavy atom. The van der Waals surface area contributed by atoms with Gasteiger partial charge >= 0.3 is 0 Å². The van der Waals surface area contributed by atoms with Crippen LogP contribution in [-0.4, -0.2) is 23.9 Å². The van der Waals surface area contributed by atoms with E-state index >= 15 is 0 Å². The van der Waals surface area contributed by atoms with Crippen LogP contribution in [-0.2, 0) is 0 Å². The topological polar surface area (TPSA) is 161 Å². The van der Waals surface area contributed by atoms with Crippen LogP contribution in [0.25, 0.3) is 0 Å². The van der Waals surface area contributed by atoms with Gasteiger partial charge in [0.05, 0.1) is 49.3 Å². The summed E-state index contributed by atoms with van der Waals surface area (Å²) in [6.07, 6.45) is 0. The largest absolute Gasteiger partial charge is 0.545 e. The van der Waals surface area contributed by atoms with Crippen molar-refractivity contribution in [1.29, 1.82) is 0 Å². The molecule has 4 aliphatic heterocycles. The minimum atomic E-state index is -1.58. The third-order valence-electron chi connectivity index (χ3n) is 5.10. The number of carboxylic acid groups (broad SMARTS) is 4. The lowest BCUT2D eigenvalue weighted by Crippen LogP contribution is -2.30. The summed E-state index contributed by atoms with van der Waals surface area (Å²) in [4.78, 5) is 48.3. The number of carbonyl (C=O) groups excluding carboxylic acids is 4. The number of benzene rings is 2. The Labute approximate surface area is 247 Å². The van der Waals surface area contributed by atoms with E-state index in [2.05, 4.69) is 0 Å². The number of thioether (sulfide) groups is 8. The Balaban J connectivity index is 1.23. The zero-order valence-electron chi connectivity index (χ0n) is 17.8. The number of hydrogen-bond donors (Lipinski definition) is 0. The van der Waals surface area contributed by atoms with Crippen LogP contribution in [0.1, 0.15) is 41.4 Å². The maximum Gasteiger partial charge on any atom is 0.0722 e. The minimum Gasteiger partial charge on any atom is -0.545 e. The molecule has 0 saturated heterocycles. The van der Waals surface area contributed by atoms with E-state index < -0.39 is 46.1 Å². The van der Waals surface area contributed by atoms with Gasteiger partial charge in [-0.2, -0.15) is 0 Å². The summed E-state index contributed by atoms with van der Waals surface area (Å²) in [5, 5.41) is 45.8. The van der Waals surface area contributed by atoms with Gasteiger partial charge in [-0.3, -0.25) is 0 Å². The van der Waals surface area contributed by atoms with Gasteiger partial charge in [0.2, 0.25) is 0 Å². The highest BCUT2D eigenvalue weighted by Gasteiger charge is 2.36. The van der Waals surface area contributed by atoms with E-state index in [0.29, 0.717) is 19.6 Å². The van der Waals surface area contributed by atoms with Gasteiger partial charge in [-0.05, 0) is 24.3 Å². The fraction of sp³-hybridized carbons (Fsp3) is 0. The highest BCUT2D eigenvalue weighted by atomic mass is 32.3. The van der Waals surface area contributed by atoms with Crippen molar-refractivity contribution in [2.75, 3.05) is 0 Å². The predicted molar refractivity (Wildman–Crippen MR) is 145 cm³/mol. The van der Waals surface area contributed by atoms with Crippen LogP contribution in [0.2, 0.25) is 0 Å². The molecule has 0 unspecified atom stereocenters. The van der Waals surface area contributed by atoms with E-state index in [1.807, 2.05) is 0 Å². The Kier molecular flexibility index (Phi) is 7.04. The molecular formula is C22H4O8S8-4. The molecule has 0 fully saturated rings. The number of fused-ring (bicyclic) bond motifs is 2. The van der Waals surface area contributed by atoms with Crippen molar-refractivity contribution in [3.8, 4) is 0 Å². The highest BCUT2D eigenvalue weighted by Crippen LogP contribution is 2.71. The zero-order valence-corrected chi connectivity index (χ0v) is 24.4. The smallest absolute Gasteiger partial charge is 0.0722 e. The molecule has 0 radical (unpaired) electrons. The molecule has 6 rings (SSSR count). The third kappa shape index (κ3) is 4.68. The van der Waals surface area contributed by atoms with Crippen molar-refractivity contribution >= 4 is 118 Å². The van der Waals surface area contributed by atoms with Crippen LogP contribution in [0, 0.1) is 0 Å². The van der Waals surface area contributed by atoms with Crippen LogP contribution < -0.4 is 20.4 Å². The first-order chi connectivity index (χ1) is 18.1. The molecule has 0 N–H and O–H groups in total. The van der Waals surface area contributed by atoms with Crippen LogP contribution in [0.4, 0.5) is 0 Å². The number of hydrogen-bond acceptors (Lipinski definition) is 16. The molecule has 8 nitrogen and oxygen atoms in total. The van der Waals surface area contributed by atoms with Crippen molar-refractivity contribution in [2.45, 2.75) is 19.6 Å². The van der Waals surface area contributed by atoms with E-state index in [1.165, 1.54) is 118 Å². The fourth-order valence-corrected chi connectivity index (χ4v) is 15.5. The average Bonchev–Trinajstić information content (AvgIpc) is 3.47. The molecule has 0 atom stereocenters. The molecule has 0 aromatic heterocycles. The summed E-state index contributed by atoms with van der Waals surface area (Å²) in [7, 11) is 0. The maximum atomic E-state index is 11.4. The molecule has 4 heterocycles. The molecule has 38 heavy (non-hydrogen) atoms. The van der Waals surface area contributed by atoms with E-state index in [-0.39, 0.29) is 0 Å². The number of carbonyl (C=O) groups is 4. The molecule has 4 aliphatic rings. The first-order valence-corrected chi connectivity index (χ1v) is 16.5. The second-order valence-corrected chi connectivity index (χ2v) is 17.2. The SMILES string of the molecule is O=C([O-])c1cc2c(cc1C(=O)[O-])SC1=C(SC(=C3SC4=C(S3)Sc3cc(C(=O)[O-])c(C(=O)[O-])cc3S4)S1)S2. The monoisotopic (exact) mass is 652 g/mol. The minimum absolute atomic E-state index is 0.425. The molecule has 16 heteroatoms. The van der Waals surface area contributed by atoms with Gasteiger partial charge in [0.1, 0.15) is 0 Å². The molecule has 0 aliphatic carbocycles. The van der Waals surface area contributed by atoms with Crippen LogP contribution in [0.3, 0.4) is 0 Å². The van der Waals surface area contributed by atoms with E-state index in [0.717, 1.165) is 25.4 Å². The molecule has 2 aromatic carbocycles. The third-order valence-corrected chi connectivity index (χ3v) is 16.8. The van der Waals surface area contributed by atoms with Gasteiger partial charge in [-0.15, -0.1) is 0 Å². The van der Waals surface area contributed by atoms with Crippen molar-refractivity contribution in [3.05, 3.63) is 71.9 Å². The summed E-state index contributed by atoms with van der Waals surface area (Å²) in [5.41, 5.74) is -1.70. The first-order valence-electron chi connectivity index (χ1n) is 9.96. The second kappa shape index (κ2) is 10.1. The Hall–Kier alpha value is -1.66. The van der Waals surface area contributed by atoms with Crippen molar-refractivity contribution in [3.63, 3.8) is 0 Å². The number of rotatable bonds is 4. The molecule has 0 spiro atoms. The van der Waals surface area contributed by atoms with Crippen molar-refractivity contribution in [2.24, 2.45) is 0 Å². The molecular weight excluding hydrogens is 649 g/mol. The van der Waals surface area contributed by atoms with Crippen LogP contribution in [0.15, 0.2) is 69.3 Å². The summed E-state index contributed by atoms with van der Waals surface area (Å²) >= 11 is 11.6. The Morgan fingerprint density at radius 1 is 0.368 bits per heavy atom. The van der Waals surface area contributed by atoms with Crippen LogP contribution >= 0.6 is 94.1 Å². The summed E-state index contributed by atoms with van der Waals surface area (Å²) in [6.45, 7) is 0. The second-order valence-electron chi connectivity index (χ2n) is 7.38. The molecule has 192 valence electrons. The maximum absolute atomic E-state index is 11.4. The molecule has 0 bridgehead atoms. The Morgan fingerprint density at radius 3 is 0.737 bits per heavy atom. The lowest BCUT2D eigenvalue weighted by molar-refractivity contribution is -0.259. The fourth-order valence-electron chi connectivity index (χ4n) is 3.48. The normalized spacial score (nSPS) is 17.7. The van der Waals surface area contributed by atoms with Gasteiger partial charge in [0.15, 0.2) is 0 Å². The lowest BCUT2D eigenvalue weighted by atomic mass is 10.1. The van der Waals surface area contributed by atoms with Crippen LogP contribution in [0.5, 0.6) is 0 Å². The summed E-state index contributed by atoms with van der Waals surface area (Å²) < 4.78 is 5.81. The van der Waals surface area contributed by atoms with Gasteiger partial charge in [0.25, 0.3) is 0 Å². The van der Waals surface area contributed by atoms with E-state index in [4.69, 9.17) is 0 Å². The number of carboxylic acids is 4. The predicted octanol–water partition coefficient (Wildman–Crippen LogP) is 2.58. The van der Waals surface area contributed by atoms with E-state index in [9.17, 15) is 39.6 Å². The molecule has 2 aromatic rings. The quantitative estimate of drug-likeness (QED) is 0.473. The lowest BCUT2D eigenvalue weighted by Gasteiger charge is -2.20. The standard InChI is InChI=1S/C22H8O8S8/c23-13(24)5-1-9-10(2-6(5)14(25)26)32-18-17(31-9)35-21(36-18)22-37-19-20(38-22)34-12-4-8(16(29)30)7(15(27)28)3-11(12)33-19/h1-4H,(H,23,24)(H,25,26)(H,27,28)(H,29,30)/p-4. The summed E-state index contributed by atoms with van der Waals surface area (Å²) in [6, 6.07) is 5.22. The Bertz CT molecular complexity index is 1410. The van der Waals surface area contributed by atoms with Crippen molar-refractivity contribution < 1.29 is 39.6 Å². The molecule has 0 amide bonds. The van der Waals surface area contributed by atoms with Gasteiger partial charge in [-0.1, -0.05) is 94.1 Å². The number of aromatic carboxylic acids is 4. The van der Waals surface area contributed by atoms with Gasteiger partial charge in [0, 0.05) is 41.8 Å². The van der Waals surface area contributed by atoms with Gasteiger partial charge < -0.3 is 39.6 Å². The summed E-state index contributed by atoms with van der Waals surface area (Å²) in [5.74, 6) is -6.34. The van der Waals surface area contributed by atoms with Gasteiger partial charge in [-0.25, -0.2) is 0 Å². The average molecular weight is 653 g/mol. The zero-order chi connectivity index (χ0) is 26.9. The van der Waals surface area contributed by atoms with E-state index in [1.54, 1.807) is 0 Å².